The third-order valence-electron chi connectivity index (χ3n) is 2.81. The van der Waals surface area contributed by atoms with Crippen LogP contribution >= 0.6 is 15.9 Å². The summed E-state index contributed by atoms with van der Waals surface area (Å²) in [7, 11) is -2.10. The number of sulfonamides is 1. The molecule has 0 saturated carbocycles. The first-order chi connectivity index (χ1) is 9.94. The zero-order chi connectivity index (χ0) is 15.5. The summed E-state index contributed by atoms with van der Waals surface area (Å²) in [6.07, 6.45) is 3.16. The van der Waals surface area contributed by atoms with Crippen LogP contribution in [0.15, 0.2) is 46.0 Å². The molecular formula is C13H15BrN4O2S. The number of nitrogens with one attached hydrogen (secondary N) is 2. The molecule has 1 unspecified atom stereocenters. The molecule has 0 aromatic carbocycles. The maximum Gasteiger partial charge on any atom is 0.244 e. The predicted octanol–water partition coefficient (Wildman–Crippen LogP) is 2.32. The summed E-state index contributed by atoms with van der Waals surface area (Å²) < 4.78 is 28.2. The van der Waals surface area contributed by atoms with E-state index >= 15 is 0 Å². The Morgan fingerprint density at radius 3 is 2.67 bits per heavy atom. The molecule has 21 heavy (non-hydrogen) atoms. The molecule has 0 aliphatic heterocycles. The summed E-state index contributed by atoms with van der Waals surface area (Å²) in [4.78, 5) is 8.28. The first-order valence-corrected chi connectivity index (χ1v) is 8.48. The van der Waals surface area contributed by atoms with Crippen LogP contribution in [0.4, 0.5) is 5.82 Å². The Bertz CT molecular complexity index is 722. The van der Waals surface area contributed by atoms with Gasteiger partial charge in [-0.25, -0.2) is 18.1 Å². The molecule has 2 rings (SSSR count). The van der Waals surface area contributed by atoms with E-state index in [1.807, 2.05) is 6.07 Å². The highest BCUT2D eigenvalue weighted by Gasteiger charge is 2.23. The number of nitrogens with zero attached hydrogens (tertiary/aromatic N) is 2. The van der Waals surface area contributed by atoms with Crippen LogP contribution in [0.25, 0.3) is 0 Å². The number of rotatable bonds is 5. The van der Waals surface area contributed by atoms with E-state index in [9.17, 15) is 8.42 Å². The van der Waals surface area contributed by atoms with E-state index in [2.05, 4.69) is 35.9 Å². The molecular weight excluding hydrogens is 356 g/mol. The number of pyridine rings is 2. The molecule has 0 aliphatic rings. The van der Waals surface area contributed by atoms with Crippen molar-refractivity contribution < 1.29 is 8.42 Å². The molecule has 0 spiro atoms. The van der Waals surface area contributed by atoms with Gasteiger partial charge in [-0.3, -0.25) is 4.98 Å². The van der Waals surface area contributed by atoms with Crippen molar-refractivity contribution in [3.63, 3.8) is 0 Å². The standard InChI is InChI=1S/C13H15BrN4O2S/c1-9(11-5-3-4-6-16-11)18-21(19,20)12-7-10(14)8-17-13(12)15-2/h3-9,18H,1-2H3,(H,15,17). The van der Waals surface area contributed by atoms with Gasteiger partial charge >= 0.3 is 0 Å². The third kappa shape index (κ3) is 3.78. The van der Waals surface area contributed by atoms with Gasteiger partial charge < -0.3 is 5.32 Å². The summed E-state index contributed by atoms with van der Waals surface area (Å²) in [5, 5.41) is 2.78. The second kappa shape index (κ2) is 6.50. The Balaban J connectivity index is 2.33. The van der Waals surface area contributed by atoms with Crippen LogP contribution in [0.2, 0.25) is 0 Å². The zero-order valence-corrected chi connectivity index (χ0v) is 13.9. The molecule has 112 valence electrons. The molecule has 2 aromatic heterocycles. The van der Waals surface area contributed by atoms with Crippen molar-refractivity contribution in [3.8, 4) is 0 Å². The van der Waals surface area contributed by atoms with E-state index < -0.39 is 16.1 Å². The van der Waals surface area contributed by atoms with E-state index in [1.165, 1.54) is 12.3 Å². The molecule has 0 fully saturated rings. The molecule has 1 atom stereocenters. The maximum absolute atomic E-state index is 12.5. The highest BCUT2D eigenvalue weighted by Crippen LogP contribution is 2.24. The van der Waals surface area contributed by atoms with Crippen molar-refractivity contribution >= 4 is 31.8 Å². The SMILES string of the molecule is CNc1ncc(Br)cc1S(=O)(=O)NC(C)c1ccccn1. The third-order valence-corrected chi connectivity index (χ3v) is 4.80. The Kier molecular flexibility index (Phi) is 4.92. The summed E-state index contributed by atoms with van der Waals surface area (Å²) in [5.74, 6) is 0.291. The van der Waals surface area contributed by atoms with Gasteiger partial charge in [0.2, 0.25) is 10.0 Å². The molecule has 0 amide bonds. The second-order valence-corrected chi connectivity index (χ2v) is 6.95. The molecule has 2 aromatic rings. The van der Waals surface area contributed by atoms with Crippen molar-refractivity contribution in [1.82, 2.24) is 14.7 Å². The predicted molar refractivity (Wildman–Crippen MR) is 84.5 cm³/mol. The van der Waals surface area contributed by atoms with Crippen LogP contribution in [0, 0.1) is 0 Å². The number of hydrogen-bond acceptors (Lipinski definition) is 5. The molecule has 0 bridgehead atoms. The van der Waals surface area contributed by atoms with Gasteiger partial charge in [0.15, 0.2) is 0 Å². The van der Waals surface area contributed by atoms with Gasteiger partial charge in [0, 0.05) is 23.9 Å². The average Bonchev–Trinajstić information content (AvgIpc) is 2.47. The van der Waals surface area contributed by atoms with Crippen LogP contribution in [0.1, 0.15) is 18.7 Å². The van der Waals surface area contributed by atoms with Crippen LogP contribution in [-0.2, 0) is 10.0 Å². The molecule has 0 aliphatic carbocycles. The monoisotopic (exact) mass is 370 g/mol. The van der Waals surface area contributed by atoms with Crippen molar-refractivity contribution in [2.45, 2.75) is 17.9 Å². The molecule has 0 radical (unpaired) electrons. The first-order valence-electron chi connectivity index (χ1n) is 6.20. The largest absolute Gasteiger partial charge is 0.372 e. The van der Waals surface area contributed by atoms with Gasteiger partial charge in [-0.05, 0) is 41.1 Å². The van der Waals surface area contributed by atoms with Crippen molar-refractivity contribution in [3.05, 3.63) is 46.8 Å². The lowest BCUT2D eigenvalue weighted by atomic mass is 10.2. The molecule has 2 N–H and O–H groups in total. The topological polar surface area (TPSA) is 84.0 Å². The summed E-state index contributed by atoms with van der Waals surface area (Å²) in [5.41, 5.74) is 0.648. The molecule has 0 saturated heterocycles. The highest BCUT2D eigenvalue weighted by atomic mass is 79.9. The lowest BCUT2D eigenvalue weighted by Gasteiger charge is -2.15. The zero-order valence-electron chi connectivity index (χ0n) is 11.5. The fraction of sp³-hybridized carbons (Fsp3) is 0.231. The Labute approximate surface area is 132 Å². The van der Waals surface area contributed by atoms with Gasteiger partial charge in [0.05, 0.1) is 11.7 Å². The Morgan fingerprint density at radius 2 is 2.05 bits per heavy atom. The highest BCUT2D eigenvalue weighted by molar-refractivity contribution is 9.10. The quantitative estimate of drug-likeness (QED) is 0.843. The van der Waals surface area contributed by atoms with Crippen LogP contribution in [-0.4, -0.2) is 25.4 Å². The van der Waals surface area contributed by atoms with E-state index in [0.717, 1.165) is 0 Å². The fourth-order valence-corrected chi connectivity index (χ4v) is 3.69. The number of halogens is 1. The van der Waals surface area contributed by atoms with E-state index in [-0.39, 0.29) is 4.90 Å². The maximum atomic E-state index is 12.5. The van der Waals surface area contributed by atoms with E-state index in [0.29, 0.717) is 16.0 Å². The van der Waals surface area contributed by atoms with Crippen LogP contribution < -0.4 is 10.0 Å². The van der Waals surface area contributed by atoms with E-state index in [1.54, 1.807) is 32.3 Å². The van der Waals surface area contributed by atoms with Crippen LogP contribution in [0.3, 0.4) is 0 Å². The van der Waals surface area contributed by atoms with Gasteiger partial charge in [-0.2, -0.15) is 0 Å². The Hall–Kier alpha value is -1.51. The molecule has 2 heterocycles. The second-order valence-electron chi connectivity index (χ2n) is 4.35. The first kappa shape index (κ1) is 15.9. The number of aromatic nitrogens is 2. The van der Waals surface area contributed by atoms with Gasteiger partial charge in [0.1, 0.15) is 10.7 Å². The normalized spacial score (nSPS) is 12.9. The summed E-state index contributed by atoms with van der Waals surface area (Å²) >= 11 is 3.23. The minimum absolute atomic E-state index is 0.0853. The van der Waals surface area contributed by atoms with Gasteiger partial charge in [0.25, 0.3) is 0 Å². The lowest BCUT2D eigenvalue weighted by Crippen LogP contribution is -2.28. The summed E-state index contributed by atoms with van der Waals surface area (Å²) in [6, 6.07) is 6.42. The molecule has 6 nitrogen and oxygen atoms in total. The van der Waals surface area contributed by atoms with Crippen molar-refractivity contribution in [2.24, 2.45) is 0 Å². The fourth-order valence-electron chi connectivity index (χ4n) is 1.80. The average molecular weight is 371 g/mol. The lowest BCUT2D eigenvalue weighted by molar-refractivity contribution is 0.564. The van der Waals surface area contributed by atoms with E-state index in [4.69, 9.17) is 0 Å². The van der Waals surface area contributed by atoms with Crippen molar-refractivity contribution in [1.29, 1.82) is 0 Å². The van der Waals surface area contributed by atoms with Gasteiger partial charge in [-0.1, -0.05) is 6.07 Å². The van der Waals surface area contributed by atoms with Crippen LogP contribution in [0.5, 0.6) is 0 Å². The minimum atomic E-state index is -3.72. The Morgan fingerprint density at radius 1 is 1.29 bits per heavy atom. The minimum Gasteiger partial charge on any atom is -0.372 e. The van der Waals surface area contributed by atoms with Crippen molar-refractivity contribution in [2.75, 3.05) is 12.4 Å². The summed E-state index contributed by atoms with van der Waals surface area (Å²) in [6.45, 7) is 1.74. The number of hydrogen-bond donors (Lipinski definition) is 2. The smallest absolute Gasteiger partial charge is 0.244 e. The van der Waals surface area contributed by atoms with Gasteiger partial charge in [-0.15, -0.1) is 0 Å². The molecule has 8 heteroatoms. The number of anilines is 1.